The Labute approximate surface area is 95.7 Å². The Kier molecular flexibility index (Phi) is 4.79. The second-order valence-corrected chi connectivity index (χ2v) is 4.01. The zero-order chi connectivity index (χ0) is 12.0. The van der Waals surface area contributed by atoms with Crippen LogP contribution in [0.2, 0.25) is 0 Å². The van der Waals surface area contributed by atoms with Crippen molar-refractivity contribution in [1.29, 1.82) is 0 Å². The Morgan fingerprint density at radius 2 is 1.94 bits per heavy atom. The van der Waals surface area contributed by atoms with Crippen molar-refractivity contribution in [3.05, 3.63) is 30.3 Å². The van der Waals surface area contributed by atoms with E-state index in [-0.39, 0.29) is 18.5 Å². The van der Waals surface area contributed by atoms with Gasteiger partial charge < -0.3 is 15.7 Å². The lowest BCUT2D eigenvalue weighted by Gasteiger charge is -2.15. The van der Waals surface area contributed by atoms with Gasteiger partial charge in [-0.05, 0) is 18.1 Å². The number of carbonyl (C=O) groups is 1. The molecule has 0 aliphatic carbocycles. The van der Waals surface area contributed by atoms with Crippen molar-refractivity contribution < 1.29 is 9.90 Å². The second-order valence-electron chi connectivity index (χ2n) is 4.01. The molecule has 0 saturated heterocycles. The third-order valence-corrected chi connectivity index (χ3v) is 2.27. The zero-order valence-corrected chi connectivity index (χ0v) is 9.60. The number of rotatable bonds is 4. The molecular formula is C12H18N2O2. The molecule has 3 N–H and O–H groups in total. The molecule has 1 unspecified atom stereocenters. The van der Waals surface area contributed by atoms with Crippen molar-refractivity contribution in [3.8, 4) is 0 Å². The maximum absolute atomic E-state index is 11.4. The SMILES string of the molecule is CC(C)C(O)CNC(=O)Nc1ccccc1. The van der Waals surface area contributed by atoms with Gasteiger partial charge in [0, 0.05) is 12.2 Å². The van der Waals surface area contributed by atoms with Crippen molar-refractivity contribution in [1.82, 2.24) is 5.32 Å². The number of amides is 2. The standard InChI is InChI=1S/C12H18N2O2/c1-9(2)11(15)8-13-12(16)14-10-6-4-3-5-7-10/h3-7,9,11,15H,8H2,1-2H3,(H2,13,14,16). The van der Waals surface area contributed by atoms with Crippen molar-refractivity contribution in [2.45, 2.75) is 20.0 Å². The fraction of sp³-hybridized carbons (Fsp3) is 0.417. The van der Waals surface area contributed by atoms with E-state index in [1.54, 1.807) is 12.1 Å². The number of hydrogen-bond donors (Lipinski definition) is 3. The molecule has 88 valence electrons. The summed E-state index contributed by atoms with van der Waals surface area (Å²) in [7, 11) is 0. The van der Waals surface area contributed by atoms with Gasteiger partial charge in [-0.15, -0.1) is 0 Å². The summed E-state index contributed by atoms with van der Waals surface area (Å²) in [6.07, 6.45) is -0.512. The maximum Gasteiger partial charge on any atom is 0.319 e. The summed E-state index contributed by atoms with van der Waals surface area (Å²) in [6.45, 7) is 4.07. The number of aliphatic hydroxyl groups excluding tert-OH is 1. The van der Waals surface area contributed by atoms with Crippen LogP contribution in [0.5, 0.6) is 0 Å². The van der Waals surface area contributed by atoms with E-state index >= 15 is 0 Å². The lowest BCUT2D eigenvalue weighted by molar-refractivity contribution is 0.126. The van der Waals surface area contributed by atoms with Crippen LogP contribution in [0.4, 0.5) is 10.5 Å². The highest BCUT2D eigenvalue weighted by Gasteiger charge is 2.10. The number of anilines is 1. The van der Waals surface area contributed by atoms with E-state index in [4.69, 9.17) is 0 Å². The van der Waals surface area contributed by atoms with Gasteiger partial charge in [-0.3, -0.25) is 0 Å². The van der Waals surface area contributed by atoms with E-state index in [0.29, 0.717) is 0 Å². The number of nitrogens with one attached hydrogen (secondary N) is 2. The van der Waals surface area contributed by atoms with Crippen LogP contribution in [0.3, 0.4) is 0 Å². The van der Waals surface area contributed by atoms with Crippen molar-refractivity contribution in [3.63, 3.8) is 0 Å². The van der Waals surface area contributed by atoms with Gasteiger partial charge in [0.25, 0.3) is 0 Å². The average Bonchev–Trinajstić information content (AvgIpc) is 2.27. The minimum Gasteiger partial charge on any atom is -0.391 e. The van der Waals surface area contributed by atoms with Gasteiger partial charge in [0.05, 0.1) is 6.10 Å². The first-order chi connectivity index (χ1) is 7.59. The Hall–Kier alpha value is -1.55. The second kappa shape index (κ2) is 6.12. The van der Waals surface area contributed by atoms with Gasteiger partial charge >= 0.3 is 6.03 Å². The molecule has 0 bridgehead atoms. The van der Waals surface area contributed by atoms with Crippen molar-refractivity contribution in [2.24, 2.45) is 5.92 Å². The van der Waals surface area contributed by atoms with Crippen LogP contribution in [0.15, 0.2) is 30.3 Å². The lowest BCUT2D eigenvalue weighted by Crippen LogP contribution is -2.37. The van der Waals surface area contributed by atoms with E-state index in [2.05, 4.69) is 10.6 Å². The van der Waals surface area contributed by atoms with E-state index in [1.807, 2.05) is 32.0 Å². The largest absolute Gasteiger partial charge is 0.391 e. The van der Waals surface area contributed by atoms with Crippen LogP contribution in [0, 0.1) is 5.92 Å². The van der Waals surface area contributed by atoms with E-state index < -0.39 is 6.10 Å². The Morgan fingerprint density at radius 3 is 2.50 bits per heavy atom. The van der Waals surface area contributed by atoms with Gasteiger partial charge in [-0.1, -0.05) is 32.0 Å². The fourth-order valence-corrected chi connectivity index (χ4v) is 1.13. The molecule has 0 spiro atoms. The van der Waals surface area contributed by atoms with Crippen molar-refractivity contribution in [2.75, 3.05) is 11.9 Å². The van der Waals surface area contributed by atoms with Gasteiger partial charge in [-0.2, -0.15) is 0 Å². The fourth-order valence-electron chi connectivity index (χ4n) is 1.13. The number of carbonyl (C=O) groups excluding carboxylic acids is 1. The Morgan fingerprint density at radius 1 is 1.31 bits per heavy atom. The minimum absolute atomic E-state index is 0.136. The molecule has 1 atom stereocenters. The lowest BCUT2D eigenvalue weighted by atomic mass is 10.1. The molecule has 0 aliphatic rings. The summed E-state index contributed by atoms with van der Waals surface area (Å²) in [5.74, 6) is 0.136. The van der Waals surface area contributed by atoms with E-state index in [9.17, 15) is 9.90 Å². The van der Waals surface area contributed by atoms with Gasteiger partial charge in [0.15, 0.2) is 0 Å². The topological polar surface area (TPSA) is 61.4 Å². The summed E-state index contributed by atoms with van der Waals surface area (Å²) in [4.78, 5) is 11.4. The molecule has 2 amide bonds. The van der Waals surface area contributed by atoms with Gasteiger partial charge in [0.1, 0.15) is 0 Å². The Bertz CT molecular complexity index is 325. The van der Waals surface area contributed by atoms with Crippen LogP contribution < -0.4 is 10.6 Å². The number of benzene rings is 1. The predicted molar refractivity (Wildman–Crippen MR) is 64.3 cm³/mol. The van der Waals surface area contributed by atoms with E-state index in [0.717, 1.165) is 5.69 Å². The highest BCUT2D eigenvalue weighted by Crippen LogP contribution is 2.04. The molecule has 0 aromatic heterocycles. The van der Waals surface area contributed by atoms with Gasteiger partial charge in [0.2, 0.25) is 0 Å². The van der Waals surface area contributed by atoms with E-state index in [1.165, 1.54) is 0 Å². The molecule has 1 rings (SSSR count). The average molecular weight is 222 g/mol. The number of para-hydroxylation sites is 1. The summed E-state index contributed by atoms with van der Waals surface area (Å²) in [5, 5.41) is 14.8. The third-order valence-electron chi connectivity index (χ3n) is 2.27. The number of hydrogen-bond acceptors (Lipinski definition) is 2. The van der Waals surface area contributed by atoms with Gasteiger partial charge in [-0.25, -0.2) is 4.79 Å². The molecule has 0 aliphatic heterocycles. The highest BCUT2D eigenvalue weighted by molar-refractivity contribution is 5.89. The normalized spacial score (nSPS) is 12.2. The quantitative estimate of drug-likeness (QED) is 0.727. The molecule has 0 heterocycles. The van der Waals surface area contributed by atoms with Crippen LogP contribution in [-0.4, -0.2) is 23.8 Å². The van der Waals surface area contributed by atoms with Crippen LogP contribution in [0.25, 0.3) is 0 Å². The molecule has 4 heteroatoms. The first kappa shape index (κ1) is 12.5. The molecule has 0 fully saturated rings. The highest BCUT2D eigenvalue weighted by atomic mass is 16.3. The van der Waals surface area contributed by atoms with Crippen LogP contribution >= 0.6 is 0 Å². The maximum atomic E-state index is 11.4. The van der Waals surface area contributed by atoms with Crippen LogP contribution in [-0.2, 0) is 0 Å². The first-order valence-corrected chi connectivity index (χ1v) is 5.37. The molecule has 0 saturated carbocycles. The summed E-state index contributed by atoms with van der Waals surface area (Å²) < 4.78 is 0. The Balaban J connectivity index is 2.32. The van der Waals surface area contributed by atoms with Crippen LogP contribution in [0.1, 0.15) is 13.8 Å². The molecular weight excluding hydrogens is 204 g/mol. The molecule has 4 nitrogen and oxygen atoms in total. The van der Waals surface area contributed by atoms with Crippen molar-refractivity contribution >= 4 is 11.7 Å². The third kappa shape index (κ3) is 4.31. The number of aliphatic hydroxyl groups is 1. The minimum atomic E-state index is -0.512. The first-order valence-electron chi connectivity index (χ1n) is 5.37. The summed E-state index contributed by atoms with van der Waals surface area (Å²) in [5.41, 5.74) is 0.735. The monoisotopic (exact) mass is 222 g/mol. The molecule has 1 aromatic carbocycles. The smallest absolute Gasteiger partial charge is 0.319 e. The predicted octanol–water partition coefficient (Wildman–Crippen LogP) is 1.82. The summed E-state index contributed by atoms with van der Waals surface area (Å²) in [6, 6.07) is 8.88. The molecule has 0 radical (unpaired) electrons. The summed E-state index contributed by atoms with van der Waals surface area (Å²) >= 11 is 0. The molecule has 1 aromatic rings. The number of urea groups is 1. The zero-order valence-electron chi connectivity index (χ0n) is 9.60. The molecule has 16 heavy (non-hydrogen) atoms.